The van der Waals surface area contributed by atoms with Crippen LogP contribution in [0.1, 0.15) is 26.3 Å². The molecule has 0 bridgehead atoms. The van der Waals surface area contributed by atoms with Crippen LogP contribution in [0.5, 0.6) is 11.5 Å². The zero-order valence-corrected chi connectivity index (χ0v) is 17.4. The minimum Gasteiger partial charge on any atom is -0.497 e. The minimum absolute atomic E-state index is 0.0928. The average Bonchev–Trinajstić information content (AvgIpc) is 2.80. The zero-order valence-electron chi connectivity index (χ0n) is 16.7. The first-order valence-electron chi connectivity index (χ1n) is 9.11. The third-order valence-electron chi connectivity index (χ3n) is 4.18. The van der Waals surface area contributed by atoms with Gasteiger partial charge in [0.15, 0.2) is 0 Å². The van der Waals surface area contributed by atoms with Crippen molar-refractivity contribution in [3.05, 3.63) is 98.6 Å². The summed E-state index contributed by atoms with van der Waals surface area (Å²) in [5.74, 6) is -0.424. The Kier molecular flexibility index (Phi) is 7.14. The van der Waals surface area contributed by atoms with Gasteiger partial charge in [0.1, 0.15) is 11.5 Å². The van der Waals surface area contributed by atoms with Gasteiger partial charge in [0.2, 0.25) is 0 Å². The highest BCUT2D eigenvalue weighted by molar-refractivity contribution is 6.32. The van der Waals surface area contributed by atoms with E-state index >= 15 is 0 Å². The average molecular weight is 454 g/mol. The SMILES string of the molecule is COc1ccc(C(=O)Oc2ccc(C=NNC(=O)c3cccc([N+](=O)[O-])c3)cc2Cl)cc1. The molecule has 0 saturated carbocycles. The molecule has 0 aliphatic heterocycles. The van der Waals surface area contributed by atoms with Gasteiger partial charge in [-0.3, -0.25) is 14.9 Å². The molecule has 1 N–H and O–H groups in total. The van der Waals surface area contributed by atoms with Crippen molar-refractivity contribution in [1.82, 2.24) is 5.43 Å². The molecule has 0 heterocycles. The van der Waals surface area contributed by atoms with Crippen molar-refractivity contribution in [2.24, 2.45) is 5.10 Å². The van der Waals surface area contributed by atoms with E-state index in [-0.39, 0.29) is 22.0 Å². The Balaban J connectivity index is 1.62. The zero-order chi connectivity index (χ0) is 23.1. The minimum atomic E-state index is -0.610. The Morgan fingerprint density at radius 3 is 2.47 bits per heavy atom. The number of nitrogens with one attached hydrogen (secondary N) is 1. The van der Waals surface area contributed by atoms with E-state index in [0.29, 0.717) is 16.9 Å². The van der Waals surface area contributed by atoms with Crippen LogP contribution in [0.25, 0.3) is 0 Å². The summed E-state index contributed by atoms with van der Waals surface area (Å²) in [4.78, 5) is 34.6. The lowest BCUT2D eigenvalue weighted by Gasteiger charge is -2.07. The van der Waals surface area contributed by atoms with Gasteiger partial charge in [-0.05, 0) is 54.1 Å². The lowest BCUT2D eigenvalue weighted by Crippen LogP contribution is -2.17. The smallest absolute Gasteiger partial charge is 0.343 e. The van der Waals surface area contributed by atoms with E-state index in [1.165, 1.54) is 43.7 Å². The van der Waals surface area contributed by atoms with Crippen LogP contribution in [0.3, 0.4) is 0 Å². The van der Waals surface area contributed by atoms with Crippen molar-refractivity contribution in [2.45, 2.75) is 0 Å². The number of benzene rings is 3. The number of hydrogen-bond acceptors (Lipinski definition) is 7. The highest BCUT2D eigenvalue weighted by atomic mass is 35.5. The third-order valence-corrected chi connectivity index (χ3v) is 4.48. The molecule has 0 aliphatic rings. The fourth-order valence-electron chi connectivity index (χ4n) is 2.56. The Bertz CT molecular complexity index is 1190. The predicted octanol–water partition coefficient (Wildman–Crippen LogP) is 4.24. The van der Waals surface area contributed by atoms with Crippen molar-refractivity contribution < 1.29 is 24.0 Å². The molecule has 10 heteroatoms. The first-order chi connectivity index (χ1) is 15.4. The summed E-state index contributed by atoms with van der Waals surface area (Å²) in [6.07, 6.45) is 1.33. The van der Waals surface area contributed by atoms with Gasteiger partial charge >= 0.3 is 5.97 Å². The van der Waals surface area contributed by atoms with E-state index in [9.17, 15) is 19.7 Å². The van der Waals surface area contributed by atoms with E-state index in [2.05, 4.69) is 10.5 Å². The quantitative estimate of drug-likeness (QED) is 0.188. The topological polar surface area (TPSA) is 120 Å². The van der Waals surface area contributed by atoms with E-state index < -0.39 is 16.8 Å². The van der Waals surface area contributed by atoms with Crippen LogP contribution in [-0.2, 0) is 0 Å². The summed E-state index contributed by atoms with van der Waals surface area (Å²) in [5.41, 5.74) is 3.03. The molecular formula is C22H16ClN3O6. The van der Waals surface area contributed by atoms with Gasteiger partial charge in [-0.15, -0.1) is 0 Å². The molecule has 0 radical (unpaired) electrons. The molecule has 162 valence electrons. The summed E-state index contributed by atoms with van der Waals surface area (Å²) in [7, 11) is 1.52. The molecule has 3 aromatic rings. The summed E-state index contributed by atoms with van der Waals surface area (Å²) >= 11 is 6.18. The number of carbonyl (C=O) groups is 2. The Labute approximate surface area is 187 Å². The van der Waals surface area contributed by atoms with E-state index in [0.717, 1.165) is 6.07 Å². The molecule has 0 aliphatic carbocycles. The lowest BCUT2D eigenvalue weighted by molar-refractivity contribution is -0.384. The largest absolute Gasteiger partial charge is 0.497 e. The summed E-state index contributed by atoms with van der Waals surface area (Å²) in [6.45, 7) is 0. The van der Waals surface area contributed by atoms with Crippen LogP contribution in [0.4, 0.5) is 5.69 Å². The summed E-state index contributed by atoms with van der Waals surface area (Å²) in [6, 6.07) is 16.3. The van der Waals surface area contributed by atoms with Crippen molar-refractivity contribution in [1.29, 1.82) is 0 Å². The number of nitrogens with zero attached hydrogens (tertiary/aromatic N) is 2. The maximum Gasteiger partial charge on any atom is 0.343 e. The highest BCUT2D eigenvalue weighted by Gasteiger charge is 2.12. The molecule has 0 aromatic heterocycles. The number of esters is 1. The fraction of sp³-hybridized carbons (Fsp3) is 0.0455. The number of amides is 1. The number of methoxy groups -OCH3 is 1. The molecule has 0 saturated heterocycles. The molecule has 0 atom stereocenters. The second-order valence-electron chi connectivity index (χ2n) is 6.31. The molecule has 1 amide bonds. The normalized spacial score (nSPS) is 10.6. The lowest BCUT2D eigenvalue weighted by atomic mass is 10.2. The molecule has 9 nitrogen and oxygen atoms in total. The van der Waals surface area contributed by atoms with Crippen LogP contribution in [0.15, 0.2) is 71.8 Å². The highest BCUT2D eigenvalue weighted by Crippen LogP contribution is 2.26. The van der Waals surface area contributed by atoms with Crippen molar-refractivity contribution in [3.8, 4) is 11.5 Å². The van der Waals surface area contributed by atoms with E-state index in [1.54, 1.807) is 30.3 Å². The molecular weight excluding hydrogens is 438 g/mol. The van der Waals surface area contributed by atoms with E-state index in [1.807, 2.05) is 0 Å². The molecule has 0 spiro atoms. The number of non-ortho nitro benzene ring substituents is 1. The van der Waals surface area contributed by atoms with Crippen LogP contribution in [0, 0.1) is 10.1 Å². The molecule has 32 heavy (non-hydrogen) atoms. The van der Waals surface area contributed by atoms with Gasteiger partial charge in [0.05, 0.1) is 28.8 Å². The third kappa shape index (κ3) is 5.67. The number of halogens is 1. The number of hydrazone groups is 1. The fourth-order valence-corrected chi connectivity index (χ4v) is 2.78. The van der Waals surface area contributed by atoms with Crippen molar-refractivity contribution >= 4 is 35.4 Å². The second-order valence-corrected chi connectivity index (χ2v) is 6.72. The number of ether oxygens (including phenoxy) is 2. The van der Waals surface area contributed by atoms with Crippen LogP contribution in [-0.4, -0.2) is 30.1 Å². The molecule has 3 rings (SSSR count). The van der Waals surface area contributed by atoms with Crippen LogP contribution >= 0.6 is 11.6 Å². The number of carbonyl (C=O) groups excluding carboxylic acids is 2. The number of hydrogen-bond donors (Lipinski definition) is 1. The number of rotatable bonds is 7. The van der Waals surface area contributed by atoms with Gasteiger partial charge in [-0.2, -0.15) is 5.10 Å². The monoisotopic (exact) mass is 453 g/mol. The summed E-state index contributed by atoms with van der Waals surface area (Å²) < 4.78 is 10.4. The van der Waals surface area contributed by atoms with Gasteiger partial charge in [-0.25, -0.2) is 10.2 Å². The summed E-state index contributed by atoms with van der Waals surface area (Å²) in [5, 5.41) is 14.8. The first-order valence-corrected chi connectivity index (χ1v) is 9.49. The Morgan fingerprint density at radius 2 is 1.81 bits per heavy atom. The van der Waals surface area contributed by atoms with Crippen LogP contribution in [0.2, 0.25) is 5.02 Å². The second kappa shape index (κ2) is 10.2. The van der Waals surface area contributed by atoms with Crippen molar-refractivity contribution in [3.63, 3.8) is 0 Å². The predicted molar refractivity (Wildman–Crippen MR) is 118 cm³/mol. The standard InChI is InChI=1S/C22H16ClN3O6/c1-31-18-8-6-15(7-9-18)22(28)32-20-10-5-14(11-19(20)23)13-24-25-21(27)16-3-2-4-17(12-16)26(29)30/h2-13H,1H3,(H,25,27). The Hall–Kier alpha value is -4.24. The Morgan fingerprint density at radius 1 is 1.06 bits per heavy atom. The maximum absolute atomic E-state index is 12.3. The van der Waals surface area contributed by atoms with Gasteiger partial charge in [0, 0.05) is 17.7 Å². The number of nitro benzene ring substituents is 1. The molecule has 3 aromatic carbocycles. The number of nitro groups is 1. The van der Waals surface area contributed by atoms with Crippen LogP contribution < -0.4 is 14.9 Å². The van der Waals surface area contributed by atoms with Gasteiger partial charge < -0.3 is 9.47 Å². The first kappa shape index (κ1) is 22.4. The maximum atomic E-state index is 12.3. The molecule has 0 fully saturated rings. The van der Waals surface area contributed by atoms with Crippen molar-refractivity contribution in [2.75, 3.05) is 7.11 Å². The molecule has 0 unspecified atom stereocenters. The van der Waals surface area contributed by atoms with Gasteiger partial charge in [-0.1, -0.05) is 17.7 Å². The van der Waals surface area contributed by atoms with Gasteiger partial charge in [0.25, 0.3) is 11.6 Å². The van der Waals surface area contributed by atoms with E-state index in [4.69, 9.17) is 21.1 Å².